The van der Waals surface area contributed by atoms with Crippen molar-refractivity contribution in [1.82, 2.24) is 0 Å². The molecule has 0 fully saturated rings. The van der Waals surface area contributed by atoms with E-state index in [1.54, 1.807) is 0 Å². The Morgan fingerprint density at radius 2 is 0.591 bits per heavy atom. The zero-order valence-electron chi connectivity index (χ0n) is 23.1. The molecule has 0 saturated carbocycles. The number of hydrogen-bond donors (Lipinski definition) is 0. The Morgan fingerprint density at radius 1 is 0.409 bits per heavy atom. The normalized spacial score (nSPS) is 4.73. The minimum atomic E-state index is 0. The molecule has 14 heteroatoms. The van der Waals surface area contributed by atoms with Gasteiger partial charge >= 0.3 is 120 Å². The first-order valence-electron chi connectivity index (χ1n) is 9.32. The Balaban J connectivity index is -0.0000000222. The van der Waals surface area contributed by atoms with Crippen molar-refractivity contribution in [2.75, 3.05) is 0 Å². The standard InChI is InChI=1S/2C6H7.2C5H5.8CO.As2.2Mn.2Mo/c2*1-6-4-2-3-5-6;2*1-2-4-5-3-1;9*1-2;;;;/h2*2-5H,1H3;2*1-5H;;;;;;;;;;;;;/q4*-1;;;;;;;;;;;;;. The van der Waals surface area contributed by atoms with E-state index in [2.05, 4.69) is 121 Å². The molecule has 0 aromatic heterocycles. The molecule has 0 aliphatic heterocycles. The topological polar surface area (TPSA) is 159 Å². The van der Waals surface area contributed by atoms with Crippen molar-refractivity contribution >= 4 is 29.6 Å². The third-order valence-electron chi connectivity index (χ3n) is 2.77. The summed E-state index contributed by atoms with van der Waals surface area (Å²) in [6, 6.07) is 36.5. The molecule has 0 heterocycles. The van der Waals surface area contributed by atoms with Crippen LogP contribution in [0.1, 0.15) is 11.1 Å². The van der Waals surface area contributed by atoms with E-state index in [4.69, 9.17) is 37.2 Å². The van der Waals surface area contributed by atoms with Gasteiger partial charge in [0, 0.05) is 76.3 Å². The van der Waals surface area contributed by atoms with Crippen LogP contribution in [0.2, 0.25) is 0 Å². The molecule has 4 aromatic rings. The molecule has 232 valence electrons. The molecule has 0 spiro atoms. The largest absolute Gasteiger partial charge is 0.214 e. The van der Waals surface area contributed by atoms with E-state index in [0.717, 1.165) is 0 Å². The van der Waals surface area contributed by atoms with Crippen LogP contribution in [0.15, 0.2) is 109 Å². The zero-order chi connectivity index (χ0) is 33.9. The van der Waals surface area contributed by atoms with Gasteiger partial charge in [0.2, 0.25) is 0 Å². The molecule has 0 saturated heterocycles. The Bertz CT molecular complexity index is 811. The van der Waals surface area contributed by atoms with E-state index >= 15 is 0 Å². The first-order valence-corrected chi connectivity index (χ1v) is 14.5. The van der Waals surface area contributed by atoms with E-state index in [-0.39, 0.29) is 76.3 Å². The predicted molar refractivity (Wildman–Crippen MR) is 141 cm³/mol. The fraction of sp³-hybridized carbons (Fsp3) is 0.0667. The fourth-order valence-electron chi connectivity index (χ4n) is 1.58. The van der Waals surface area contributed by atoms with Crippen molar-refractivity contribution in [2.45, 2.75) is 13.8 Å². The van der Waals surface area contributed by atoms with Crippen LogP contribution in [0.3, 0.4) is 0 Å². The van der Waals surface area contributed by atoms with Crippen LogP contribution in [-0.4, -0.2) is 29.6 Å². The van der Waals surface area contributed by atoms with Crippen LogP contribution in [-0.2, 0) is 113 Å². The summed E-state index contributed by atoms with van der Waals surface area (Å²) in [4.78, 5) is 0. The molecule has 4 rings (SSSR count). The van der Waals surface area contributed by atoms with Crippen molar-refractivity contribution in [3.8, 4) is 0 Å². The number of hydrogen-bond acceptors (Lipinski definition) is 0. The second kappa shape index (κ2) is 134. The van der Waals surface area contributed by atoms with Crippen LogP contribution in [0, 0.1) is 67.1 Å². The maximum absolute atomic E-state index is 7.50. The van der Waals surface area contributed by atoms with Crippen LogP contribution < -0.4 is 0 Å². The average Bonchev–Trinajstić information content (AvgIpc) is 3.93. The van der Waals surface area contributed by atoms with E-state index in [9.17, 15) is 0 Å². The quantitative estimate of drug-likeness (QED) is 0.130. The second-order valence-corrected chi connectivity index (χ2v) is 4.85. The maximum Gasteiger partial charge on any atom is 0 e. The van der Waals surface area contributed by atoms with Gasteiger partial charge < -0.3 is 0 Å². The molecule has 44 heavy (non-hydrogen) atoms. The minimum Gasteiger partial charge on any atom is -0.214 e. The number of rotatable bonds is 0. The molecule has 0 atom stereocenters. The molecule has 0 aliphatic carbocycles. The summed E-state index contributed by atoms with van der Waals surface area (Å²) in [6.45, 7) is 40.2. The van der Waals surface area contributed by atoms with Crippen LogP contribution in [0.4, 0.5) is 0 Å². The monoisotopic (exact) mass is 968 g/mol. The van der Waals surface area contributed by atoms with Crippen LogP contribution in [0.25, 0.3) is 0 Å². The van der Waals surface area contributed by atoms with Crippen molar-refractivity contribution in [2.24, 2.45) is 0 Å². The summed E-state index contributed by atoms with van der Waals surface area (Å²) >= 11 is 4.50. The molecule has 0 bridgehead atoms. The average molecular weight is 964 g/mol. The Morgan fingerprint density at radius 3 is 0.636 bits per heavy atom. The summed E-state index contributed by atoms with van der Waals surface area (Å²) in [5.41, 5.74) is 2.69. The van der Waals surface area contributed by atoms with Gasteiger partial charge in [-0.2, -0.15) is 71.8 Å². The summed E-state index contributed by atoms with van der Waals surface area (Å²) in [5, 5.41) is 0. The molecule has 0 unspecified atom stereocenters. The van der Waals surface area contributed by atoms with Gasteiger partial charge in [0.1, 0.15) is 0 Å². The van der Waals surface area contributed by atoms with Gasteiger partial charge in [0.25, 0.3) is 0 Å². The molecule has 0 N–H and O–H groups in total. The Kier molecular flexibility index (Phi) is 256. The minimum absolute atomic E-state index is 0. The van der Waals surface area contributed by atoms with Gasteiger partial charge in [-0.1, -0.05) is 13.8 Å². The van der Waals surface area contributed by atoms with Gasteiger partial charge in [-0.25, -0.2) is 48.5 Å². The smallest absolute Gasteiger partial charge is 0 e. The molecule has 0 amide bonds. The molecule has 6 radical (unpaired) electrons. The summed E-state index contributed by atoms with van der Waals surface area (Å²) in [7, 11) is 0. The van der Waals surface area contributed by atoms with Crippen molar-refractivity contribution < 1.29 is 113 Å². The zero-order valence-corrected chi connectivity index (χ0v) is 33.3. The molecular formula is C30H24As2Mn2Mo2O8-4. The van der Waals surface area contributed by atoms with Gasteiger partial charge in [0.05, 0.1) is 0 Å². The van der Waals surface area contributed by atoms with Gasteiger partial charge in [-0.05, 0) is 0 Å². The van der Waals surface area contributed by atoms with Crippen molar-refractivity contribution in [1.29, 1.82) is 0 Å². The third-order valence-corrected chi connectivity index (χ3v) is 2.77. The first-order chi connectivity index (χ1) is 19.8. The van der Waals surface area contributed by atoms with Gasteiger partial charge in [-0.3, -0.25) is 0 Å². The number of aryl methyl sites for hydroxylation is 2. The SMILES string of the molecule is Cc1ccc[cH-]1.Cc1ccc[cH-]1.[As][As].[C-]#[O+].[C-]#[O+].[C-]#[O+].[C-]#[O+].[C-]#[O+].[C-]#[O+].[C-]#[O+].[C-]#[O+].[Mn].[Mn].[Mo].[Mo].c1cc[cH-]c1.c1cc[cH-]c1. The molecular weight excluding hydrogens is 940 g/mol. The van der Waals surface area contributed by atoms with Gasteiger partial charge in [-0.15, -0.1) is 0 Å². The van der Waals surface area contributed by atoms with E-state index in [1.165, 1.54) is 11.1 Å². The fourth-order valence-corrected chi connectivity index (χ4v) is 1.58. The Labute approximate surface area is 327 Å². The third kappa shape index (κ3) is 124. The molecule has 0 aliphatic rings. The predicted octanol–water partition coefficient (Wildman–Crippen LogP) is 5.17. The summed E-state index contributed by atoms with van der Waals surface area (Å²) in [5.74, 6) is 0. The Hall–Kier alpha value is -1.15. The molecule has 4 aromatic carbocycles. The van der Waals surface area contributed by atoms with Crippen molar-refractivity contribution in [3.63, 3.8) is 0 Å². The molecule has 8 nitrogen and oxygen atoms in total. The van der Waals surface area contributed by atoms with Crippen molar-refractivity contribution in [3.05, 3.63) is 174 Å². The van der Waals surface area contributed by atoms with E-state index in [0.29, 0.717) is 0 Å². The summed E-state index contributed by atoms with van der Waals surface area (Å²) < 4.78 is 60.0. The maximum atomic E-state index is 7.50. The van der Waals surface area contributed by atoms with E-state index < -0.39 is 0 Å². The second-order valence-electron chi connectivity index (χ2n) is 4.85. The van der Waals surface area contributed by atoms with Crippen LogP contribution in [0.5, 0.6) is 0 Å². The summed E-state index contributed by atoms with van der Waals surface area (Å²) in [6.07, 6.45) is 0. The van der Waals surface area contributed by atoms with Crippen LogP contribution >= 0.6 is 0 Å². The van der Waals surface area contributed by atoms with Gasteiger partial charge in [0.15, 0.2) is 0 Å². The van der Waals surface area contributed by atoms with E-state index in [1.807, 2.05) is 84.9 Å². The first kappa shape index (κ1) is 84.2.